The van der Waals surface area contributed by atoms with E-state index in [9.17, 15) is 22.8 Å². The Morgan fingerprint density at radius 1 is 0.897 bits per heavy atom. The first kappa shape index (κ1) is 26.3. The summed E-state index contributed by atoms with van der Waals surface area (Å²) in [5, 5.41) is 2.98. The lowest BCUT2D eigenvalue weighted by Crippen LogP contribution is -2.30. The number of nitrogens with one attached hydrogen (secondary N) is 1. The van der Waals surface area contributed by atoms with E-state index in [2.05, 4.69) is 5.32 Å². The topological polar surface area (TPSA) is 60.3 Å². The molecule has 0 spiro atoms. The minimum absolute atomic E-state index is 0.0750. The van der Waals surface area contributed by atoms with Crippen LogP contribution in [0.1, 0.15) is 57.7 Å². The number of halogens is 3. The molecule has 2 unspecified atom stereocenters. The molecular weight excluding hydrogens is 505 g/mol. The summed E-state index contributed by atoms with van der Waals surface area (Å²) in [6.07, 6.45) is -3.87. The van der Waals surface area contributed by atoms with Gasteiger partial charge in [0.15, 0.2) is 0 Å². The van der Waals surface area contributed by atoms with Gasteiger partial charge in [0.05, 0.1) is 17.2 Å². The minimum Gasteiger partial charge on any atom is -0.486 e. The predicted octanol–water partition coefficient (Wildman–Crippen LogP) is 6.55. The second-order valence-electron chi connectivity index (χ2n) is 9.45. The molecule has 1 aromatic heterocycles. The molecule has 1 aliphatic heterocycles. The van der Waals surface area contributed by atoms with Crippen molar-refractivity contribution in [2.75, 3.05) is 6.54 Å². The first-order valence-corrected chi connectivity index (χ1v) is 12.8. The van der Waals surface area contributed by atoms with Gasteiger partial charge in [0.1, 0.15) is 11.9 Å². The summed E-state index contributed by atoms with van der Waals surface area (Å²) in [5.41, 5.74) is 2.10. The van der Waals surface area contributed by atoms with Crippen molar-refractivity contribution in [3.8, 4) is 5.75 Å². The molecular formula is C31H27F3N2O3. The molecule has 4 aromatic rings. The number of amides is 1. The number of benzene rings is 3. The SMILES string of the molecule is O=C(c1ccccc1)c1ccc2n1CCC2C(=O)NCCC(Oc1ccc(C(F)(F)F)cc1)c1ccccc1. The number of aromatic nitrogens is 1. The van der Waals surface area contributed by atoms with Gasteiger partial charge in [-0.05, 0) is 48.4 Å². The Bertz CT molecular complexity index is 1430. The van der Waals surface area contributed by atoms with E-state index < -0.39 is 17.8 Å². The molecule has 2 atom stereocenters. The highest BCUT2D eigenvalue weighted by atomic mass is 19.4. The van der Waals surface area contributed by atoms with E-state index in [0.717, 1.165) is 23.4 Å². The molecule has 5 rings (SSSR count). The summed E-state index contributed by atoms with van der Waals surface area (Å²) in [5.74, 6) is -0.262. The van der Waals surface area contributed by atoms with Gasteiger partial charge in [-0.25, -0.2) is 0 Å². The van der Waals surface area contributed by atoms with Crippen LogP contribution in [0.5, 0.6) is 5.75 Å². The first-order chi connectivity index (χ1) is 18.8. The van der Waals surface area contributed by atoms with E-state index in [4.69, 9.17) is 4.74 Å². The normalized spacial score (nSPS) is 15.4. The third-order valence-electron chi connectivity index (χ3n) is 6.94. The highest BCUT2D eigenvalue weighted by Crippen LogP contribution is 2.33. The van der Waals surface area contributed by atoms with Crippen molar-refractivity contribution in [3.63, 3.8) is 0 Å². The average Bonchev–Trinajstić information content (AvgIpc) is 3.55. The Balaban J connectivity index is 1.23. The molecule has 0 fully saturated rings. The van der Waals surface area contributed by atoms with Gasteiger partial charge < -0.3 is 14.6 Å². The number of hydrogen-bond donors (Lipinski definition) is 1. The summed E-state index contributed by atoms with van der Waals surface area (Å²) < 4.78 is 46.7. The van der Waals surface area contributed by atoms with Crippen LogP contribution >= 0.6 is 0 Å². The number of carbonyl (C=O) groups is 2. The number of rotatable bonds is 9. The van der Waals surface area contributed by atoms with Gasteiger partial charge in [-0.2, -0.15) is 13.2 Å². The van der Waals surface area contributed by atoms with Crippen LogP contribution in [-0.2, 0) is 17.5 Å². The highest BCUT2D eigenvalue weighted by molar-refractivity contribution is 6.08. The Hall–Kier alpha value is -4.33. The fourth-order valence-corrected chi connectivity index (χ4v) is 4.94. The lowest BCUT2D eigenvalue weighted by Gasteiger charge is -2.21. The maximum absolute atomic E-state index is 13.1. The summed E-state index contributed by atoms with van der Waals surface area (Å²) in [4.78, 5) is 26.1. The van der Waals surface area contributed by atoms with E-state index in [1.54, 1.807) is 18.2 Å². The number of alkyl halides is 3. The van der Waals surface area contributed by atoms with Crippen LogP contribution in [-0.4, -0.2) is 22.8 Å². The van der Waals surface area contributed by atoms with Crippen LogP contribution in [0.3, 0.4) is 0 Å². The molecule has 2 heterocycles. The van der Waals surface area contributed by atoms with Crippen LogP contribution < -0.4 is 10.1 Å². The largest absolute Gasteiger partial charge is 0.486 e. The van der Waals surface area contributed by atoms with Gasteiger partial charge in [-0.1, -0.05) is 60.7 Å². The Labute approximate surface area is 224 Å². The number of hydrogen-bond acceptors (Lipinski definition) is 3. The van der Waals surface area contributed by atoms with Crippen LogP contribution in [0.25, 0.3) is 0 Å². The smallest absolute Gasteiger partial charge is 0.416 e. The van der Waals surface area contributed by atoms with Crippen LogP contribution in [0.15, 0.2) is 97.1 Å². The molecule has 0 saturated heterocycles. The summed E-state index contributed by atoms with van der Waals surface area (Å²) in [7, 11) is 0. The lowest BCUT2D eigenvalue weighted by molar-refractivity contribution is -0.137. The third-order valence-corrected chi connectivity index (χ3v) is 6.94. The van der Waals surface area contributed by atoms with E-state index >= 15 is 0 Å². The number of ketones is 1. The van der Waals surface area contributed by atoms with Crippen molar-refractivity contribution in [2.45, 2.75) is 37.6 Å². The molecule has 1 amide bonds. The number of carbonyl (C=O) groups excluding carboxylic acids is 2. The standard InChI is InChI=1S/C31H27F3N2O3/c32-31(33,34)23-11-13-24(14-12-23)39-28(21-7-3-1-4-8-21)17-19-35-30(38)25-18-20-36-26(25)15-16-27(36)29(37)22-9-5-2-6-10-22/h1-16,25,28H,17-20H2,(H,35,38). The van der Waals surface area contributed by atoms with Crippen molar-refractivity contribution in [3.05, 3.63) is 125 Å². The zero-order chi connectivity index (χ0) is 27.4. The second kappa shape index (κ2) is 11.2. The first-order valence-electron chi connectivity index (χ1n) is 12.8. The molecule has 0 saturated carbocycles. The van der Waals surface area contributed by atoms with Crippen LogP contribution in [0.2, 0.25) is 0 Å². The quantitative estimate of drug-likeness (QED) is 0.249. The van der Waals surface area contributed by atoms with Crippen molar-refractivity contribution >= 4 is 11.7 Å². The molecule has 1 aliphatic rings. The highest BCUT2D eigenvalue weighted by Gasteiger charge is 2.32. The van der Waals surface area contributed by atoms with E-state index in [-0.39, 0.29) is 17.6 Å². The van der Waals surface area contributed by atoms with Gasteiger partial charge in [0.25, 0.3) is 0 Å². The molecule has 5 nitrogen and oxygen atoms in total. The summed E-state index contributed by atoms with van der Waals surface area (Å²) >= 11 is 0. The molecule has 39 heavy (non-hydrogen) atoms. The third kappa shape index (κ3) is 5.90. The predicted molar refractivity (Wildman–Crippen MR) is 141 cm³/mol. The van der Waals surface area contributed by atoms with Crippen LogP contribution in [0, 0.1) is 0 Å². The van der Waals surface area contributed by atoms with Gasteiger partial charge in [0.2, 0.25) is 11.7 Å². The van der Waals surface area contributed by atoms with E-state index in [1.165, 1.54) is 12.1 Å². The Kier molecular flexibility index (Phi) is 7.54. The fourth-order valence-electron chi connectivity index (χ4n) is 4.94. The molecule has 0 radical (unpaired) electrons. The Morgan fingerprint density at radius 2 is 1.56 bits per heavy atom. The van der Waals surface area contributed by atoms with Gasteiger partial charge in [-0.3, -0.25) is 9.59 Å². The zero-order valence-corrected chi connectivity index (χ0v) is 21.0. The molecule has 0 bridgehead atoms. The van der Waals surface area contributed by atoms with Crippen molar-refractivity contribution in [1.29, 1.82) is 0 Å². The average molecular weight is 533 g/mol. The molecule has 200 valence electrons. The van der Waals surface area contributed by atoms with Gasteiger partial charge in [-0.15, -0.1) is 0 Å². The molecule has 1 N–H and O–H groups in total. The number of fused-ring (bicyclic) bond motifs is 1. The minimum atomic E-state index is -4.42. The number of ether oxygens (including phenoxy) is 1. The molecule has 8 heteroatoms. The van der Waals surface area contributed by atoms with Crippen LogP contribution in [0.4, 0.5) is 13.2 Å². The van der Waals surface area contributed by atoms with Crippen molar-refractivity contribution < 1.29 is 27.5 Å². The Morgan fingerprint density at radius 3 is 2.23 bits per heavy atom. The lowest BCUT2D eigenvalue weighted by atomic mass is 10.0. The van der Waals surface area contributed by atoms with E-state index in [0.29, 0.717) is 42.9 Å². The van der Waals surface area contributed by atoms with Crippen molar-refractivity contribution in [2.24, 2.45) is 0 Å². The van der Waals surface area contributed by atoms with Gasteiger partial charge >= 0.3 is 6.18 Å². The summed E-state index contributed by atoms with van der Waals surface area (Å²) in [6, 6.07) is 26.6. The monoisotopic (exact) mass is 532 g/mol. The van der Waals surface area contributed by atoms with Gasteiger partial charge in [0, 0.05) is 30.8 Å². The zero-order valence-electron chi connectivity index (χ0n) is 21.0. The van der Waals surface area contributed by atoms with Crippen molar-refractivity contribution in [1.82, 2.24) is 9.88 Å². The van der Waals surface area contributed by atoms with E-state index in [1.807, 2.05) is 59.2 Å². The maximum Gasteiger partial charge on any atom is 0.416 e. The molecule has 3 aromatic carbocycles. The second-order valence-corrected chi connectivity index (χ2v) is 9.45. The number of nitrogens with zero attached hydrogens (tertiary/aromatic N) is 1. The summed E-state index contributed by atoms with van der Waals surface area (Å²) in [6.45, 7) is 0.893. The fraction of sp³-hybridized carbons (Fsp3) is 0.226. The maximum atomic E-state index is 13.1. The molecule has 0 aliphatic carbocycles.